The Morgan fingerprint density at radius 3 is 2.86 bits per heavy atom. The Bertz CT molecular complexity index is 696. The average Bonchev–Trinajstić information content (AvgIpc) is 2.78. The lowest BCUT2D eigenvalue weighted by molar-refractivity contribution is -0.0838. The number of aromatic amines is 1. The molecule has 1 fully saturated rings. The second kappa shape index (κ2) is 5.85. The van der Waals surface area contributed by atoms with Crippen LogP contribution in [0.5, 0.6) is 0 Å². The van der Waals surface area contributed by atoms with Gasteiger partial charge in [-0.15, -0.1) is 0 Å². The molecule has 0 radical (unpaired) electrons. The molecule has 1 aromatic rings. The Labute approximate surface area is 121 Å². The summed E-state index contributed by atoms with van der Waals surface area (Å²) in [4.78, 5) is 25.7. The van der Waals surface area contributed by atoms with Crippen LogP contribution in [0.3, 0.4) is 0 Å². The summed E-state index contributed by atoms with van der Waals surface area (Å²) in [6.07, 6.45) is 0.173. The summed E-state index contributed by atoms with van der Waals surface area (Å²) in [6.45, 7) is 3.02. The third kappa shape index (κ3) is 2.78. The van der Waals surface area contributed by atoms with E-state index in [1.165, 1.54) is 10.8 Å². The molecule has 2 heterocycles. The van der Waals surface area contributed by atoms with Gasteiger partial charge in [-0.05, 0) is 12.8 Å². The molecule has 0 amide bonds. The molecule has 1 aliphatic heterocycles. The standard InChI is InChI=1S/C14H18N2O5/c1-3-4-5-14(6-10(18)11(8-17)21-14)16-7-9(2)12(19)15-13(16)20/h7,10-11,17-18H,3,6,8H2,1-2H3,(H,15,19,20)/t10-,11+,14+/m0/s1. The van der Waals surface area contributed by atoms with Gasteiger partial charge in [0.1, 0.15) is 6.10 Å². The highest BCUT2D eigenvalue weighted by molar-refractivity contribution is 5.17. The van der Waals surface area contributed by atoms with Crippen molar-refractivity contribution in [2.24, 2.45) is 0 Å². The fourth-order valence-electron chi connectivity index (χ4n) is 2.31. The van der Waals surface area contributed by atoms with Crippen LogP contribution in [0.1, 0.15) is 25.3 Å². The van der Waals surface area contributed by atoms with Crippen LogP contribution in [0.4, 0.5) is 0 Å². The van der Waals surface area contributed by atoms with Crippen molar-refractivity contribution in [3.05, 3.63) is 32.6 Å². The van der Waals surface area contributed by atoms with Gasteiger partial charge in [0, 0.05) is 24.6 Å². The van der Waals surface area contributed by atoms with Gasteiger partial charge in [-0.3, -0.25) is 14.3 Å². The maximum absolute atomic E-state index is 12.1. The van der Waals surface area contributed by atoms with E-state index in [0.29, 0.717) is 12.0 Å². The van der Waals surface area contributed by atoms with Crippen molar-refractivity contribution >= 4 is 0 Å². The summed E-state index contributed by atoms with van der Waals surface area (Å²) in [5.74, 6) is 5.68. The monoisotopic (exact) mass is 294 g/mol. The molecule has 21 heavy (non-hydrogen) atoms. The van der Waals surface area contributed by atoms with Crippen molar-refractivity contribution in [1.82, 2.24) is 9.55 Å². The lowest BCUT2D eigenvalue weighted by Gasteiger charge is -2.25. The normalized spacial score (nSPS) is 28.2. The Kier molecular flexibility index (Phi) is 4.32. The molecule has 0 spiro atoms. The van der Waals surface area contributed by atoms with Crippen molar-refractivity contribution in [3.63, 3.8) is 0 Å². The van der Waals surface area contributed by atoms with Gasteiger partial charge in [0.25, 0.3) is 5.56 Å². The van der Waals surface area contributed by atoms with E-state index in [0.717, 1.165) is 0 Å². The number of nitrogens with one attached hydrogen (secondary N) is 1. The molecule has 3 atom stereocenters. The van der Waals surface area contributed by atoms with E-state index in [1.807, 2.05) is 6.92 Å². The molecule has 0 unspecified atom stereocenters. The zero-order valence-electron chi connectivity index (χ0n) is 11.9. The summed E-state index contributed by atoms with van der Waals surface area (Å²) in [5, 5.41) is 19.2. The van der Waals surface area contributed by atoms with Gasteiger partial charge >= 0.3 is 5.69 Å². The quantitative estimate of drug-likeness (QED) is 0.610. The first-order valence-corrected chi connectivity index (χ1v) is 6.73. The molecular formula is C14H18N2O5. The lowest BCUT2D eigenvalue weighted by Crippen LogP contribution is -2.44. The second-order valence-electron chi connectivity index (χ2n) is 4.99. The molecule has 1 aromatic heterocycles. The molecule has 0 aliphatic carbocycles. The second-order valence-corrected chi connectivity index (χ2v) is 4.99. The number of hydrogen-bond donors (Lipinski definition) is 3. The first kappa shape index (κ1) is 15.5. The molecule has 0 aromatic carbocycles. The van der Waals surface area contributed by atoms with Crippen molar-refractivity contribution in [2.45, 2.75) is 44.6 Å². The highest BCUT2D eigenvalue weighted by Crippen LogP contribution is 2.33. The maximum atomic E-state index is 12.1. The maximum Gasteiger partial charge on any atom is 0.331 e. The van der Waals surface area contributed by atoms with E-state index in [9.17, 15) is 19.8 Å². The fraction of sp³-hybridized carbons (Fsp3) is 0.571. The molecule has 7 nitrogen and oxygen atoms in total. The van der Waals surface area contributed by atoms with Crippen LogP contribution in [0.2, 0.25) is 0 Å². The lowest BCUT2D eigenvalue weighted by atomic mass is 10.1. The summed E-state index contributed by atoms with van der Waals surface area (Å²) in [5.41, 5.74) is -2.19. The molecule has 1 saturated heterocycles. The van der Waals surface area contributed by atoms with E-state index < -0.39 is 29.2 Å². The molecule has 0 saturated carbocycles. The first-order valence-electron chi connectivity index (χ1n) is 6.73. The molecular weight excluding hydrogens is 276 g/mol. The predicted molar refractivity (Wildman–Crippen MR) is 74.7 cm³/mol. The number of H-pyrrole nitrogens is 1. The number of nitrogens with zero attached hydrogens (tertiary/aromatic N) is 1. The van der Waals surface area contributed by atoms with Crippen LogP contribution in [0.15, 0.2) is 15.8 Å². The van der Waals surface area contributed by atoms with Gasteiger partial charge < -0.3 is 14.9 Å². The smallest absolute Gasteiger partial charge is 0.331 e. The fourth-order valence-corrected chi connectivity index (χ4v) is 2.31. The Morgan fingerprint density at radius 1 is 1.57 bits per heavy atom. The minimum absolute atomic E-state index is 0.0383. The van der Waals surface area contributed by atoms with Gasteiger partial charge in [0.2, 0.25) is 5.72 Å². The van der Waals surface area contributed by atoms with Gasteiger partial charge in [-0.1, -0.05) is 12.8 Å². The number of ether oxygens (including phenoxy) is 1. The summed E-state index contributed by atoms with van der Waals surface area (Å²) < 4.78 is 6.81. The summed E-state index contributed by atoms with van der Waals surface area (Å²) >= 11 is 0. The van der Waals surface area contributed by atoms with E-state index in [1.54, 1.807) is 6.92 Å². The zero-order chi connectivity index (χ0) is 15.6. The minimum Gasteiger partial charge on any atom is -0.394 e. The van der Waals surface area contributed by atoms with E-state index in [-0.39, 0.29) is 13.0 Å². The van der Waals surface area contributed by atoms with E-state index >= 15 is 0 Å². The Morgan fingerprint density at radius 2 is 2.29 bits per heavy atom. The SMILES string of the molecule is CCC#C[C@]1(n2cc(C)c(=O)[nH]c2=O)C[C@H](O)[C@@H](CO)O1. The number of rotatable bonds is 2. The van der Waals surface area contributed by atoms with Gasteiger partial charge in [0.05, 0.1) is 12.7 Å². The highest BCUT2D eigenvalue weighted by atomic mass is 16.6. The van der Waals surface area contributed by atoms with Gasteiger partial charge in [-0.2, -0.15) is 0 Å². The zero-order valence-corrected chi connectivity index (χ0v) is 11.9. The summed E-state index contributed by atoms with van der Waals surface area (Å²) in [6, 6.07) is 0. The molecule has 1 aliphatic rings. The van der Waals surface area contributed by atoms with Crippen LogP contribution in [-0.4, -0.2) is 38.6 Å². The van der Waals surface area contributed by atoms with Crippen LogP contribution in [0, 0.1) is 18.8 Å². The largest absolute Gasteiger partial charge is 0.394 e. The van der Waals surface area contributed by atoms with E-state index in [2.05, 4.69) is 16.8 Å². The Hall–Kier alpha value is -1.88. The van der Waals surface area contributed by atoms with Crippen LogP contribution in [0.25, 0.3) is 0 Å². The van der Waals surface area contributed by atoms with E-state index in [4.69, 9.17) is 4.74 Å². The van der Waals surface area contributed by atoms with Crippen molar-refractivity contribution in [3.8, 4) is 11.8 Å². The van der Waals surface area contributed by atoms with Crippen LogP contribution in [-0.2, 0) is 10.5 Å². The third-order valence-corrected chi connectivity index (χ3v) is 3.41. The number of aryl methyl sites for hydroxylation is 1. The molecule has 2 rings (SSSR count). The minimum atomic E-state index is -1.38. The van der Waals surface area contributed by atoms with Crippen LogP contribution < -0.4 is 11.2 Å². The highest BCUT2D eigenvalue weighted by Gasteiger charge is 2.47. The Balaban J connectivity index is 2.60. The number of aromatic nitrogens is 2. The average molecular weight is 294 g/mol. The summed E-state index contributed by atoms with van der Waals surface area (Å²) in [7, 11) is 0. The topological polar surface area (TPSA) is 105 Å². The number of aliphatic hydroxyl groups is 2. The van der Waals surface area contributed by atoms with Crippen molar-refractivity contribution in [2.75, 3.05) is 6.61 Å². The van der Waals surface area contributed by atoms with Gasteiger partial charge in [0.15, 0.2) is 0 Å². The molecule has 7 heteroatoms. The molecule has 3 N–H and O–H groups in total. The molecule has 0 bridgehead atoms. The third-order valence-electron chi connectivity index (χ3n) is 3.41. The predicted octanol–water partition coefficient (Wildman–Crippen LogP) is -0.947. The number of aliphatic hydroxyl groups excluding tert-OH is 2. The van der Waals surface area contributed by atoms with Gasteiger partial charge in [-0.25, -0.2) is 4.79 Å². The van der Waals surface area contributed by atoms with Crippen molar-refractivity contribution < 1.29 is 14.9 Å². The van der Waals surface area contributed by atoms with Crippen LogP contribution >= 0.6 is 0 Å². The molecule has 114 valence electrons. The van der Waals surface area contributed by atoms with Crippen molar-refractivity contribution in [1.29, 1.82) is 0 Å². The first-order chi connectivity index (χ1) is 9.93. The number of hydrogen-bond acceptors (Lipinski definition) is 5.